The maximum atomic E-state index is 12.2. The van der Waals surface area contributed by atoms with E-state index in [1.54, 1.807) is 11.8 Å². The van der Waals surface area contributed by atoms with Crippen molar-refractivity contribution in [3.8, 4) is 0 Å². The fourth-order valence-electron chi connectivity index (χ4n) is 2.06. The number of hydrogen-bond donors (Lipinski definition) is 2. The highest BCUT2D eigenvalue weighted by atomic mass is 16.4. The van der Waals surface area contributed by atoms with Crippen molar-refractivity contribution >= 4 is 11.9 Å². The highest BCUT2D eigenvalue weighted by Gasteiger charge is 2.32. The number of nitrogens with one attached hydrogen (secondary N) is 1. The smallest absolute Gasteiger partial charge is 0.317 e. The summed E-state index contributed by atoms with van der Waals surface area (Å²) in [6.45, 7) is 11.4. The number of carbonyl (C=O) groups excluding carboxylic acids is 1. The Kier molecular flexibility index (Phi) is 7.05. The molecule has 5 heteroatoms. The van der Waals surface area contributed by atoms with Crippen molar-refractivity contribution in [2.75, 3.05) is 6.54 Å². The second-order valence-electron chi connectivity index (χ2n) is 5.89. The molecule has 0 aromatic heterocycles. The van der Waals surface area contributed by atoms with E-state index in [4.69, 9.17) is 5.11 Å². The third-order valence-corrected chi connectivity index (χ3v) is 3.35. The molecule has 0 spiro atoms. The molecule has 1 unspecified atom stereocenters. The number of carboxylic acid groups (broad SMARTS) is 1. The van der Waals surface area contributed by atoms with Crippen LogP contribution in [0.1, 0.15) is 54.4 Å². The van der Waals surface area contributed by atoms with Crippen LogP contribution in [0.3, 0.4) is 0 Å². The SMILES string of the molecule is CCC(CC)NC(=O)C(C)N(CC(=O)O)C(C)(C)C. The Morgan fingerprint density at radius 2 is 1.68 bits per heavy atom. The molecule has 0 bridgehead atoms. The molecule has 2 N–H and O–H groups in total. The molecule has 0 aliphatic rings. The van der Waals surface area contributed by atoms with Gasteiger partial charge in [-0.15, -0.1) is 0 Å². The number of nitrogens with zero attached hydrogens (tertiary/aromatic N) is 1. The van der Waals surface area contributed by atoms with Gasteiger partial charge in [-0.05, 0) is 40.5 Å². The van der Waals surface area contributed by atoms with E-state index in [0.717, 1.165) is 12.8 Å². The zero-order chi connectivity index (χ0) is 15.2. The first-order valence-electron chi connectivity index (χ1n) is 6.92. The van der Waals surface area contributed by atoms with Crippen molar-refractivity contribution in [3.63, 3.8) is 0 Å². The van der Waals surface area contributed by atoms with Gasteiger partial charge in [0.25, 0.3) is 0 Å². The third kappa shape index (κ3) is 6.05. The quantitative estimate of drug-likeness (QED) is 0.742. The Hall–Kier alpha value is -1.10. The summed E-state index contributed by atoms with van der Waals surface area (Å²) in [5.74, 6) is -1.03. The normalized spacial score (nSPS) is 13.7. The van der Waals surface area contributed by atoms with Gasteiger partial charge in [0.05, 0.1) is 12.6 Å². The summed E-state index contributed by atoms with van der Waals surface area (Å²) in [6, 6.07) is -0.307. The van der Waals surface area contributed by atoms with E-state index in [1.807, 2.05) is 34.6 Å². The highest BCUT2D eigenvalue weighted by molar-refractivity contribution is 5.82. The Morgan fingerprint density at radius 1 is 1.21 bits per heavy atom. The largest absolute Gasteiger partial charge is 0.480 e. The van der Waals surface area contributed by atoms with Crippen LogP contribution in [0, 0.1) is 0 Å². The fraction of sp³-hybridized carbons (Fsp3) is 0.857. The number of hydrogen-bond acceptors (Lipinski definition) is 3. The summed E-state index contributed by atoms with van der Waals surface area (Å²) in [6.07, 6.45) is 1.76. The second kappa shape index (κ2) is 7.48. The van der Waals surface area contributed by atoms with Crippen LogP contribution < -0.4 is 5.32 Å². The Balaban J connectivity index is 4.84. The van der Waals surface area contributed by atoms with Gasteiger partial charge < -0.3 is 10.4 Å². The predicted molar refractivity (Wildman–Crippen MR) is 76.1 cm³/mol. The number of carbonyl (C=O) groups is 2. The maximum Gasteiger partial charge on any atom is 0.317 e. The van der Waals surface area contributed by atoms with Crippen molar-refractivity contribution in [2.24, 2.45) is 0 Å². The van der Waals surface area contributed by atoms with E-state index in [2.05, 4.69) is 5.32 Å². The average Bonchev–Trinajstić information content (AvgIpc) is 2.30. The molecule has 0 fully saturated rings. The number of rotatable bonds is 7. The van der Waals surface area contributed by atoms with Gasteiger partial charge in [0.2, 0.25) is 5.91 Å². The molecule has 19 heavy (non-hydrogen) atoms. The molecule has 0 aliphatic heterocycles. The van der Waals surface area contributed by atoms with Crippen LogP contribution in [0.25, 0.3) is 0 Å². The number of amides is 1. The summed E-state index contributed by atoms with van der Waals surface area (Å²) >= 11 is 0. The lowest BCUT2D eigenvalue weighted by Gasteiger charge is -2.38. The summed E-state index contributed by atoms with van der Waals surface area (Å²) in [5, 5.41) is 11.9. The zero-order valence-corrected chi connectivity index (χ0v) is 13.0. The maximum absolute atomic E-state index is 12.2. The Morgan fingerprint density at radius 3 is 2.00 bits per heavy atom. The van der Waals surface area contributed by atoms with E-state index < -0.39 is 12.0 Å². The molecule has 112 valence electrons. The van der Waals surface area contributed by atoms with E-state index in [0.29, 0.717) is 0 Å². The van der Waals surface area contributed by atoms with Gasteiger partial charge in [0, 0.05) is 11.6 Å². The summed E-state index contributed by atoms with van der Waals surface area (Å²) < 4.78 is 0. The van der Waals surface area contributed by atoms with Crippen LogP contribution in [0.15, 0.2) is 0 Å². The number of carboxylic acids is 1. The van der Waals surface area contributed by atoms with Gasteiger partial charge in [-0.3, -0.25) is 14.5 Å². The minimum atomic E-state index is -0.919. The van der Waals surface area contributed by atoms with Gasteiger partial charge in [-0.25, -0.2) is 0 Å². The van der Waals surface area contributed by atoms with Crippen LogP contribution in [0.5, 0.6) is 0 Å². The Bertz CT molecular complexity index is 306. The number of aliphatic carboxylic acids is 1. The lowest BCUT2D eigenvalue weighted by Crippen LogP contribution is -2.56. The third-order valence-electron chi connectivity index (χ3n) is 3.35. The van der Waals surface area contributed by atoms with Crippen LogP contribution in [-0.2, 0) is 9.59 Å². The molecule has 5 nitrogen and oxygen atoms in total. The summed E-state index contributed by atoms with van der Waals surface area (Å²) in [7, 11) is 0. The standard InChI is InChI=1S/C14H28N2O3/c1-7-11(8-2)15-13(19)10(3)16(9-12(17)18)14(4,5)6/h10-11H,7-9H2,1-6H3,(H,15,19)(H,17,18). The van der Waals surface area contributed by atoms with Crippen molar-refractivity contribution in [3.05, 3.63) is 0 Å². The minimum Gasteiger partial charge on any atom is -0.480 e. The highest BCUT2D eigenvalue weighted by Crippen LogP contribution is 2.17. The van der Waals surface area contributed by atoms with Crippen molar-refractivity contribution in [2.45, 2.75) is 72.0 Å². The van der Waals surface area contributed by atoms with Crippen molar-refractivity contribution < 1.29 is 14.7 Å². The zero-order valence-electron chi connectivity index (χ0n) is 13.0. The molecule has 0 rings (SSSR count). The Labute approximate surface area is 116 Å². The van der Waals surface area contributed by atoms with Gasteiger partial charge in [-0.2, -0.15) is 0 Å². The molecule has 0 saturated heterocycles. The molecule has 0 heterocycles. The molecule has 0 aromatic rings. The van der Waals surface area contributed by atoms with Gasteiger partial charge >= 0.3 is 5.97 Å². The molecule has 0 aliphatic carbocycles. The molecule has 0 aromatic carbocycles. The summed E-state index contributed by atoms with van der Waals surface area (Å²) in [5.41, 5.74) is -0.372. The molecule has 0 saturated carbocycles. The lowest BCUT2D eigenvalue weighted by atomic mass is 10.0. The van der Waals surface area contributed by atoms with Crippen molar-refractivity contribution in [1.82, 2.24) is 10.2 Å². The van der Waals surface area contributed by atoms with E-state index in [-0.39, 0.29) is 24.0 Å². The first-order valence-corrected chi connectivity index (χ1v) is 6.92. The first kappa shape index (κ1) is 17.9. The van der Waals surface area contributed by atoms with Gasteiger partial charge in [0.15, 0.2) is 0 Å². The predicted octanol–water partition coefficient (Wildman–Crippen LogP) is 1.86. The van der Waals surface area contributed by atoms with Crippen LogP contribution in [0.4, 0.5) is 0 Å². The minimum absolute atomic E-state index is 0.107. The average molecular weight is 272 g/mol. The second-order valence-corrected chi connectivity index (χ2v) is 5.89. The fourth-order valence-corrected chi connectivity index (χ4v) is 2.06. The topological polar surface area (TPSA) is 69.6 Å². The molecule has 0 radical (unpaired) electrons. The first-order chi connectivity index (χ1) is 8.63. The molecular weight excluding hydrogens is 244 g/mol. The van der Waals surface area contributed by atoms with Gasteiger partial charge in [0.1, 0.15) is 0 Å². The molecular formula is C14H28N2O3. The van der Waals surface area contributed by atoms with Crippen LogP contribution >= 0.6 is 0 Å². The van der Waals surface area contributed by atoms with Crippen LogP contribution in [-0.4, -0.2) is 46.1 Å². The van der Waals surface area contributed by atoms with Crippen molar-refractivity contribution in [1.29, 1.82) is 0 Å². The molecule has 1 atom stereocenters. The van der Waals surface area contributed by atoms with Gasteiger partial charge in [-0.1, -0.05) is 13.8 Å². The van der Waals surface area contributed by atoms with E-state index in [1.165, 1.54) is 0 Å². The molecule has 1 amide bonds. The summed E-state index contributed by atoms with van der Waals surface area (Å²) in [4.78, 5) is 24.8. The lowest BCUT2D eigenvalue weighted by molar-refractivity contribution is -0.142. The van der Waals surface area contributed by atoms with E-state index >= 15 is 0 Å². The monoisotopic (exact) mass is 272 g/mol. The van der Waals surface area contributed by atoms with Crippen LogP contribution in [0.2, 0.25) is 0 Å². The van der Waals surface area contributed by atoms with E-state index in [9.17, 15) is 9.59 Å².